The molecule has 2 amide bonds. The third kappa shape index (κ3) is 5.09. The third-order valence-electron chi connectivity index (χ3n) is 3.94. The molecule has 28 heavy (non-hydrogen) atoms. The molecule has 0 saturated carbocycles. The quantitative estimate of drug-likeness (QED) is 0.615. The maximum absolute atomic E-state index is 12.4. The molecule has 3 N–H and O–H groups in total. The number of amides is 2. The van der Waals surface area contributed by atoms with Crippen molar-refractivity contribution in [2.45, 2.75) is 12.8 Å². The highest BCUT2D eigenvalue weighted by Crippen LogP contribution is 2.26. The Morgan fingerprint density at radius 2 is 2.07 bits per heavy atom. The molecule has 3 rings (SSSR count). The molecule has 0 aliphatic rings. The van der Waals surface area contributed by atoms with Crippen molar-refractivity contribution in [3.05, 3.63) is 74.7 Å². The average Bonchev–Trinajstić information content (AvgIpc) is 3.08. The van der Waals surface area contributed by atoms with Crippen LogP contribution in [-0.2, 0) is 17.6 Å². The minimum atomic E-state index is -0.580. The molecule has 6 nitrogen and oxygen atoms in total. The second-order valence-electron chi connectivity index (χ2n) is 6.04. The van der Waals surface area contributed by atoms with Gasteiger partial charge >= 0.3 is 0 Å². The van der Waals surface area contributed by atoms with E-state index >= 15 is 0 Å². The summed E-state index contributed by atoms with van der Waals surface area (Å²) in [6.07, 6.45) is 0.761. The van der Waals surface area contributed by atoms with Crippen LogP contribution in [0.15, 0.2) is 47.8 Å². The summed E-state index contributed by atoms with van der Waals surface area (Å²) in [7, 11) is 1.48. The summed E-state index contributed by atoms with van der Waals surface area (Å²) in [5.41, 5.74) is 7.70. The molecule has 0 radical (unpaired) electrons. The van der Waals surface area contributed by atoms with E-state index in [1.807, 2.05) is 29.6 Å². The summed E-state index contributed by atoms with van der Waals surface area (Å²) in [5, 5.41) is 6.19. The summed E-state index contributed by atoms with van der Waals surface area (Å²) in [6.45, 7) is 0. The number of nitrogens with one attached hydrogen (secondary N) is 1. The monoisotopic (exact) mass is 415 g/mol. The van der Waals surface area contributed by atoms with Gasteiger partial charge in [0.1, 0.15) is 5.75 Å². The van der Waals surface area contributed by atoms with Crippen LogP contribution in [0.1, 0.15) is 26.6 Å². The third-order valence-corrected chi connectivity index (χ3v) is 5.08. The topological polar surface area (TPSA) is 94.3 Å². The van der Waals surface area contributed by atoms with Gasteiger partial charge in [-0.05, 0) is 35.9 Å². The van der Waals surface area contributed by atoms with Gasteiger partial charge in [0.05, 0.1) is 29.9 Å². The summed E-state index contributed by atoms with van der Waals surface area (Å²) in [6, 6.07) is 12.2. The van der Waals surface area contributed by atoms with Gasteiger partial charge in [0.2, 0.25) is 11.8 Å². The standard InChI is InChI=1S/C20H18ClN3O3S/c1-27-17-6-5-13(20(22)26)9-16(17)24-18(25)10-15-11-28-19(23-15)8-12-3-2-4-14(21)7-12/h2-7,9,11H,8,10H2,1H3,(H2,22,26)(H,24,25). The van der Waals surface area contributed by atoms with Gasteiger partial charge in [-0.2, -0.15) is 0 Å². The number of primary amides is 1. The van der Waals surface area contributed by atoms with E-state index in [2.05, 4.69) is 10.3 Å². The molecular weight excluding hydrogens is 398 g/mol. The Morgan fingerprint density at radius 3 is 2.79 bits per heavy atom. The molecule has 0 aliphatic carbocycles. The summed E-state index contributed by atoms with van der Waals surface area (Å²) in [4.78, 5) is 28.3. The Bertz CT molecular complexity index is 1020. The fourth-order valence-electron chi connectivity index (χ4n) is 2.65. The van der Waals surface area contributed by atoms with Crippen molar-refractivity contribution in [3.63, 3.8) is 0 Å². The van der Waals surface area contributed by atoms with Crippen molar-refractivity contribution in [1.29, 1.82) is 0 Å². The molecule has 8 heteroatoms. The Kier molecular flexibility index (Phi) is 6.28. The lowest BCUT2D eigenvalue weighted by molar-refractivity contribution is -0.115. The van der Waals surface area contributed by atoms with Gasteiger partial charge in [-0.1, -0.05) is 23.7 Å². The zero-order valence-corrected chi connectivity index (χ0v) is 16.6. The predicted octanol–water partition coefficient (Wildman–Crippen LogP) is 3.68. The molecule has 0 fully saturated rings. The first-order valence-corrected chi connectivity index (χ1v) is 9.66. The maximum Gasteiger partial charge on any atom is 0.248 e. The van der Waals surface area contributed by atoms with Crippen LogP contribution in [0.3, 0.4) is 0 Å². The van der Waals surface area contributed by atoms with Crippen LogP contribution >= 0.6 is 22.9 Å². The summed E-state index contributed by atoms with van der Waals surface area (Å²) < 4.78 is 5.22. The second-order valence-corrected chi connectivity index (χ2v) is 7.42. The van der Waals surface area contributed by atoms with Crippen LogP contribution < -0.4 is 15.8 Å². The largest absolute Gasteiger partial charge is 0.495 e. The Labute approximate surface area is 171 Å². The molecule has 1 aromatic heterocycles. The Hall–Kier alpha value is -2.90. The van der Waals surface area contributed by atoms with Crippen molar-refractivity contribution in [2.24, 2.45) is 5.73 Å². The van der Waals surface area contributed by atoms with Gasteiger partial charge in [-0.3, -0.25) is 9.59 Å². The number of carbonyl (C=O) groups excluding carboxylic acids is 2. The average molecular weight is 416 g/mol. The zero-order valence-electron chi connectivity index (χ0n) is 15.1. The van der Waals surface area contributed by atoms with E-state index in [0.717, 1.165) is 10.6 Å². The van der Waals surface area contributed by atoms with E-state index in [1.54, 1.807) is 12.1 Å². The van der Waals surface area contributed by atoms with Crippen molar-refractivity contribution < 1.29 is 14.3 Å². The second kappa shape index (κ2) is 8.86. The highest BCUT2D eigenvalue weighted by Gasteiger charge is 2.13. The Balaban J connectivity index is 1.66. The van der Waals surface area contributed by atoms with Crippen molar-refractivity contribution in [3.8, 4) is 5.75 Å². The number of halogens is 1. The molecule has 0 saturated heterocycles. The number of hydrogen-bond donors (Lipinski definition) is 2. The molecule has 1 heterocycles. The normalized spacial score (nSPS) is 10.5. The number of benzene rings is 2. The molecule has 3 aromatic rings. The van der Waals surface area contributed by atoms with Crippen molar-refractivity contribution in [2.75, 3.05) is 12.4 Å². The molecule has 0 spiro atoms. The minimum Gasteiger partial charge on any atom is -0.495 e. The van der Waals surface area contributed by atoms with E-state index in [4.69, 9.17) is 22.1 Å². The molecule has 144 valence electrons. The van der Waals surface area contributed by atoms with Crippen LogP contribution in [0.5, 0.6) is 5.75 Å². The van der Waals surface area contributed by atoms with E-state index in [-0.39, 0.29) is 17.9 Å². The van der Waals surface area contributed by atoms with Gasteiger partial charge in [0, 0.05) is 22.4 Å². The van der Waals surface area contributed by atoms with Gasteiger partial charge in [-0.25, -0.2) is 4.98 Å². The summed E-state index contributed by atoms with van der Waals surface area (Å²) >= 11 is 7.50. The van der Waals surface area contributed by atoms with Gasteiger partial charge in [0.25, 0.3) is 0 Å². The van der Waals surface area contributed by atoms with Crippen LogP contribution in [0, 0.1) is 0 Å². The first-order chi connectivity index (χ1) is 13.4. The molecule has 0 bridgehead atoms. The predicted molar refractivity (Wildman–Crippen MR) is 110 cm³/mol. The number of nitrogens with two attached hydrogens (primary N) is 1. The Morgan fingerprint density at radius 1 is 1.25 bits per heavy atom. The van der Waals surface area contributed by atoms with Crippen molar-refractivity contribution in [1.82, 2.24) is 4.98 Å². The number of aromatic nitrogens is 1. The van der Waals surface area contributed by atoms with E-state index in [0.29, 0.717) is 28.6 Å². The number of ether oxygens (including phenoxy) is 1. The number of hydrogen-bond acceptors (Lipinski definition) is 5. The van der Waals surface area contributed by atoms with Gasteiger partial charge < -0.3 is 15.8 Å². The molecule has 0 atom stereocenters. The smallest absolute Gasteiger partial charge is 0.248 e. The SMILES string of the molecule is COc1ccc(C(N)=O)cc1NC(=O)Cc1csc(Cc2cccc(Cl)c2)n1. The van der Waals surface area contributed by atoms with E-state index in [1.165, 1.54) is 24.5 Å². The van der Waals surface area contributed by atoms with Gasteiger partial charge in [-0.15, -0.1) is 11.3 Å². The molecule has 0 unspecified atom stereocenters. The lowest BCUT2D eigenvalue weighted by Crippen LogP contribution is -2.17. The first kappa shape index (κ1) is 19.9. The van der Waals surface area contributed by atoms with Crippen LogP contribution in [0.4, 0.5) is 5.69 Å². The fourth-order valence-corrected chi connectivity index (χ4v) is 3.69. The molecular formula is C20H18ClN3O3S. The first-order valence-electron chi connectivity index (χ1n) is 8.40. The molecule has 2 aromatic carbocycles. The fraction of sp³-hybridized carbons (Fsp3) is 0.150. The molecule has 0 aliphatic heterocycles. The zero-order chi connectivity index (χ0) is 20.1. The number of nitrogens with zero attached hydrogens (tertiary/aromatic N) is 1. The number of thiazole rings is 1. The maximum atomic E-state index is 12.4. The number of methoxy groups -OCH3 is 1. The van der Waals surface area contributed by atoms with Gasteiger partial charge in [0.15, 0.2) is 0 Å². The lowest BCUT2D eigenvalue weighted by Gasteiger charge is -2.10. The van der Waals surface area contributed by atoms with E-state index < -0.39 is 5.91 Å². The highest BCUT2D eigenvalue weighted by molar-refractivity contribution is 7.09. The van der Waals surface area contributed by atoms with Crippen LogP contribution in [0.25, 0.3) is 0 Å². The van der Waals surface area contributed by atoms with Crippen LogP contribution in [0.2, 0.25) is 5.02 Å². The number of anilines is 1. The summed E-state index contributed by atoms with van der Waals surface area (Å²) in [5.74, 6) is -0.402. The van der Waals surface area contributed by atoms with E-state index in [9.17, 15) is 9.59 Å². The number of rotatable bonds is 7. The van der Waals surface area contributed by atoms with Crippen LogP contribution in [-0.4, -0.2) is 23.9 Å². The van der Waals surface area contributed by atoms with Crippen molar-refractivity contribution >= 4 is 40.4 Å². The minimum absolute atomic E-state index is 0.107. The lowest BCUT2D eigenvalue weighted by atomic mass is 10.1. The highest BCUT2D eigenvalue weighted by atomic mass is 35.5. The number of carbonyl (C=O) groups is 2.